The summed E-state index contributed by atoms with van der Waals surface area (Å²) < 4.78 is 5.42. The Labute approximate surface area is 137 Å². The van der Waals surface area contributed by atoms with E-state index in [1.54, 1.807) is 0 Å². The number of piperidine rings is 1. The molecule has 1 saturated heterocycles. The molecule has 0 atom stereocenters. The van der Waals surface area contributed by atoms with Crippen molar-refractivity contribution in [3.63, 3.8) is 0 Å². The molecule has 23 heavy (non-hydrogen) atoms. The van der Waals surface area contributed by atoms with Gasteiger partial charge in [0.15, 0.2) is 0 Å². The summed E-state index contributed by atoms with van der Waals surface area (Å²) in [5, 5.41) is 0. The van der Waals surface area contributed by atoms with E-state index in [0.717, 1.165) is 31.5 Å². The van der Waals surface area contributed by atoms with Crippen LogP contribution in [0.5, 0.6) is 0 Å². The highest BCUT2D eigenvalue weighted by atomic mass is 16.6. The third-order valence-electron chi connectivity index (χ3n) is 4.59. The van der Waals surface area contributed by atoms with Crippen molar-refractivity contribution < 1.29 is 9.53 Å². The first-order valence-electron chi connectivity index (χ1n) is 8.25. The molecule has 1 heterocycles. The van der Waals surface area contributed by atoms with Crippen LogP contribution in [-0.2, 0) is 11.3 Å². The van der Waals surface area contributed by atoms with Gasteiger partial charge >= 0.3 is 6.09 Å². The Balaban J connectivity index is 1.50. The quantitative estimate of drug-likeness (QED) is 0.835. The van der Waals surface area contributed by atoms with E-state index in [-0.39, 0.29) is 6.09 Å². The van der Waals surface area contributed by atoms with Gasteiger partial charge in [-0.2, -0.15) is 0 Å². The summed E-state index contributed by atoms with van der Waals surface area (Å²) in [4.78, 5) is 14.0. The molecule has 1 fully saturated rings. The lowest BCUT2D eigenvalue weighted by Gasteiger charge is -2.32. The van der Waals surface area contributed by atoms with Crippen molar-refractivity contribution >= 4 is 6.09 Å². The summed E-state index contributed by atoms with van der Waals surface area (Å²) in [6.07, 6.45) is 1.81. The van der Waals surface area contributed by atoms with Crippen LogP contribution in [0.2, 0.25) is 0 Å². The second-order valence-electron chi connectivity index (χ2n) is 6.16. The molecule has 1 amide bonds. The first-order chi connectivity index (χ1) is 11.2. The predicted octanol–water partition coefficient (Wildman–Crippen LogP) is 4.51. The molecule has 3 nitrogen and oxygen atoms in total. The van der Waals surface area contributed by atoms with E-state index in [1.807, 2.05) is 35.2 Å². The molecule has 2 aromatic carbocycles. The Hall–Kier alpha value is -2.29. The minimum absolute atomic E-state index is 0.197. The van der Waals surface area contributed by atoms with Crippen LogP contribution in [0.3, 0.4) is 0 Å². The number of rotatable bonds is 3. The largest absolute Gasteiger partial charge is 0.445 e. The summed E-state index contributed by atoms with van der Waals surface area (Å²) in [6.45, 7) is 4.05. The third kappa shape index (κ3) is 3.92. The van der Waals surface area contributed by atoms with Crippen LogP contribution in [-0.4, -0.2) is 24.1 Å². The number of carbonyl (C=O) groups excluding carboxylic acids is 1. The van der Waals surface area contributed by atoms with Crippen molar-refractivity contribution in [1.29, 1.82) is 0 Å². The highest BCUT2D eigenvalue weighted by Gasteiger charge is 2.25. The summed E-state index contributed by atoms with van der Waals surface area (Å²) in [5.41, 5.74) is 3.79. The van der Waals surface area contributed by atoms with Gasteiger partial charge in [0.05, 0.1) is 0 Å². The lowest BCUT2D eigenvalue weighted by atomic mass is 9.87. The molecule has 3 heteroatoms. The first kappa shape index (κ1) is 15.6. The molecule has 3 rings (SSSR count). The van der Waals surface area contributed by atoms with Gasteiger partial charge in [0.2, 0.25) is 0 Å². The van der Waals surface area contributed by atoms with E-state index in [2.05, 4.69) is 31.2 Å². The fraction of sp³-hybridized carbons (Fsp3) is 0.350. The number of ether oxygens (including phenoxy) is 1. The summed E-state index contributed by atoms with van der Waals surface area (Å²) >= 11 is 0. The van der Waals surface area contributed by atoms with E-state index < -0.39 is 0 Å². The molecule has 0 N–H and O–H groups in total. The van der Waals surface area contributed by atoms with Crippen molar-refractivity contribution in [3.8, 4) is 0 Å². The molecule has 0 aromatic heterocycles. The second kappa shape index (κ2) is 7.32. The van der Waals surface area contributed by atoms with Crippen molar-refractivity contribution in [3.05, 3.63) is 71.3 Å². The maximum absolute atomic E-state index is 12.2. The van der Waals surface area contributed by atoms with Gasteiger partial charge < -0.3 is 9.64 Å². The number of likely N-dealkylation sites (tertiary alicyclic amines) is 1. The lowest BCUT2D eigenvalue weighted by molar-refractivity contribution is 0.0870. The van der Waals surface area contributed by atoms with Gasteiger partial charge in [0.1, 0.15) is 6.61 Å². The third-order valence-corrected chi connectivity index (χ3v) is 4.59. The molecule has 2 aromatic rings. The molecule has 0 radical (unpaired) electrons. The molecule has 0 spiro atoms. The van der Waals surface area contributed by atoms with E-state index >= 15 is 0 Å². The second-order valence-corrected chi connectivity index (χ2v) is 6.16. The van der Waals surface area contributed by atoms with Crippen LogP contribution < -0.4 is 0 Å². The Morgan fingerprint density at radius 1 is 1.04 bits per heavy atom. The number of carbonyl (C=O) groups is 1. The zero-order valence-electron chi connectivity index (χ0n) is 13.6. The molecule has 1 aliphatic heterocycles. The summed E-state index contributed by atoms with van der Waals surface area (Å²) in [6, 6.07) is 18.4. The van der Waals surface area contributed by atoms with Crippen molar-refractivity contribution in [2.24, 2.45) is 0 Å². The van der Waals surface area contributed by atoms with E-state index in [1.165, 1.54) is 11.1 Å². The lowest BCUT2D eigenvalue weighted by Crippen LogP contribution is -2.38. The van der Waals surface area contributed by atoms with Gasteiger partial charge in [0, 0.05) is 13.1 Å². The molecule has 0 bridgehead atoms. The van der Waals surface area contributed by atoms with Gasteiger partial charge in [-0.25, -0.2) is 4.79 Å². The fourth-order valence-corrected chi connectivity index (χ4v) is 3.23. The Kier molecular flexibility index (Phi) is 4.96. The number of aryl methyl sites for hydroxylation is 1. The van der Waals surface area contributed by atoms with E-state index in [9.17, 15) is 4.79 Å². The minimum atomic E-state index is -0.197. The molecule has 0 unspecified atom stereocenters. The van der Waals surface area contributed by atoms with Crippen molar-refractivity contribution in [2.75, 3.05) is 13.1 Å². The predicted molar refractivity (Wildman–Crippen MR) is 91.4 cm³/mol. The zero-order valence-corrected chi connectivity index (χ0v) is 13.6. The van der Waals surface area contributed by atoms with E-state index in [0.29, 0.717) is 12.5 Å². The number of nitrogens with zero attached hydrogens (tertiary/aromatic N) is 1. The van der Waals surface area contributed by atoms with Crippen molar-refractivity contribution in [1.82, 2.24) is 4.90 Å². The highest BCUT2D eigenvalue weighted by Crippen LogP contribution is 2.30. The fourth-order valence-electron chi connectivity index (χ4n) is 3.23. The Morgan fingerprint density at radius 3 is 2.39 bits per heavy atom. The first-order valence-corrected chi connectivity index (χ1v) is 8.25. The smallest absolute Gasteiger partial charge is 0.410 e. The SMILES string of the molecule is Cc1ccccc1C1CCN(C(=O)OCc2ccccc2)CC1. The standard InChI is InChI=1S/C20H23NO2/c1-16-7-5-6-10-19(16)18-11-13-21(14-12-18)20(22)23-15-17-8-3-2-4-9-17/h2-10,18H,11-15H2,1H3. The maximum Gasteiger partial charge on any atom is 0.410 e. The molecule has 120 valence electrons. The van der Waals surface area contributed by atoms with Crippen LogP contribution in [0.25, 0.3) is 0 Å². The van der Waals surface area contributed by atoms with Crippen LogP contribution in [0.15, 0.2) is 54.6 Å². The van der Waals surface area contributed by atoms with E-state index in [4.69, 9.17) is 4.74 Å². The average Bonchev–Trinajstić information content (AvgIpc) is 2.61. The maximum atomic E-state index is 12.2. The van der Waals surface area contributed by atoms with Gasteiger partial charge in [-0.1, -0.05) is 54.6 Å². The molecular formula is C20H23NO2. The van der Waals surface area contributed by atoms with Crippen LogP contribution >= 0.6 is 0 Å². The number of hydrogen-bond acceptors (Lipinski definition) is 2. The summed E-state index contributed by atoms with van der Waals surface area (Å²) in [7, 11) is 0. The van der Waals surface area contributed by atoms with Crippen LogP contribution in [0, 0.1) is 6.92 Å². The normalized spacial score (nSPS) is 15.4. The van der Waals surface area contributed by atoms with Gasteiger partial charge in [-0.3, -0.25) is 0 Å². The molecule has 1 aliphatic rings. The molecule has 0 aliphatic carbocycles. The van der Waals surface area contributed by atoms with Gasteiger partial charge in [-0.15, -0.1) is 0 Å². The highest BCUT2D eigenvalue weighted by molar-refractivity contribution is 5.67. The average molecular weight is 309 g/mol. The van der Waals surface area contributed by atoms with Gasteiger partial charge in [0.25, 0.3) is 0 Å². The molecule has 0 saturated carbocycles. The van der Waals surface area contributed by atoms with Gasteiger partial charge in [-0.05, 0) is 42.4 Å². The molecular weight excluding hydrogens is 286 g/mol. The topological polar surface area (TPSA) is 29.5 Å². The number of hydrogen-bond donors (Lipinski definition) is 0. The monoisotopic (exact) mass is 309 g/mol. The van der Waals surface area contributed by atoms with Crippen molar-refractivity contribution in [2.45, 2.75) is 32.3 Å². The Bertz CT molecular complexity index is 646. The number of benzene rings is 2. The minimum Gasteiger partial charge on any atom is -0.445 e. The van der Waals surface area contributed by atoms with Crippen LogP contribution in [0.1, 0.15) is 35.4 Å². The Morgan fingerprint density at radius 2 is 1.70 bits per heavy atom. The number of amides is 1. The zero-order chi connectivity index (χ0) is 16.1. The van der Waals surface area contributed by atoms with Crippen LogP contribution in [0.4, 0.5) is 4.79 Å². The summed E-state index contributed by atoms with van der Waals surface area (Å²) in [5.74, 6) is 0.550.